The van der Waals surface area contributed by atoms with E-state index in [1.54, 1.807) is 17.1 Å². The number of hydrogen-bond acceptors (Lipinski definition) is 6. The van der Waals surface area contributed by atoms with Crippen molar-refractivity contribution in [1.82, 2.24) is 19.7 Å². The molecule has 0 aliphatic carbocycles. The monoisotopic (exact) mass is 464 g/mol. The first-order chi connectivity index (χ1) is 17.0. The summed E-state index contributed by atoms with van der Waals surface area (Å²) in [6, 6.07) is 19.4. The van der Waals surface area contributed by atoms with E-state index in [0.717, 1.165) is 38.9 Å². The number of aromatic nitrogens is 4. The number of aryl methyl sites for hydroxylation is 2. The molecule has 7 nitrogen and oxygen atoms in total. The van der Waals surface area contributed by atoms with E-state index in [1.165, 1.54) is 7.11 Å². The average molecular weight is 465 g/mol. The van der Waals surface area contributed by atoms with Crippen LogP contribution >= 0.6 is 0 Å². The largest absolute Gasteiger partial charge is 0.487 e. The van der Waals surface area contributed by atoms with Gasteiger partial charge in [0.15, 0.2) is 0 Å². The van der Waals surface area contributed by atoms with Crippen LogP contribution in [0.25, 0.3) is 33.3 Å². The van der Waals surface area contributed by atoms with Gasteiger partial charge in [0.25, 0.3) is 0 Å². The molecule has 5 aromatic rings. The second-order valence-corrected chi connectivity index (χ2v) is 8.28. The molecule has 0 unspecified atom stereocenters. The lowest BCUT2D eigenvalue weighted by molar-refractivity contribution is 0.0597. The third kappa shape index (κ3) is 4.61. The van der Waals surface area contributed by atoms with Crippen LogP contribution in [0, 0.1) is 6.92 Å². The number of esters is 1. The standard InChI is InChI=1S/C28H24N4O3/c1-18-4-9-25-21(14-18)15-23(28(33)34-3)26(30-25)17-35-22-7-5-20(6-8-22)27-24(16-32(2)31-27)19-10-12-29-13-11-19/h4-16H,17H2,1-3H3. The van der Waals surface area contributed by atoms with Crippen LogP contribution in [0.1, 0.15) is 21.6 Å². The molecule has 0 atom stereocenters. The number of carbonyl (C=O) groups excluding carboxylic acids is 1. The molecule has 2 aromatic carbocycles. The smallest absolute Gasteiger partial charge is 0.339 e. The Hall–Kier alpha value is -4.52. The second kappa shape index (κ2) is 9.38. The van der Waals surface area contributed by atoms with Crippen molar-refractivity contribution in [3.8, 4) is 28.1 Å². The predicted octanol–water partition coefficient (Wildman–Crippen LogP) is 5.37. The minimum atomic E-state index is -0.436. The van der Waals surface area contributed by atoms with Gasteiger partial charge in [0, 0.05) is 42.2 Å². The summed E-state index contributed by atoms with van der Waals surface area (Å²) < 4.78 is 12.8. The zero-order chi connectivity index (χ0) is 24.4. The van der Waals surface area contributed by atoms with E-state index in [-0.39, 0.29) is 6.61 Å². The molecule has 3 aromatic heterocycles. The van der Waals surface area contributed by atoms with Crippen LogP contribution in [-0.4, -0.2) is 32.8 Å². The Morgan fingerprint density at radius 3 is 2.49 bits per heavy atom. The number of rotatable bonds is 6. The zero-order valence-electron chi connectivity index (χ0n) is 19.7. The van der Waals surface area contributed by atoms with Crippen molar-refractivity contribution in [2.45, 2.75) is 13.5 Å². The number of nitrogens with zero attached hydrogens (tertiary/aromatic N) is 4. The van der Waals surface area contributed by atoms with Crippen molar-refractivity contribution < 1.29 is 14.3 Å². The molecule has 0 fully saturated rings. The number of benzene rings is 2. The molecule has 0 aliphatic heterocycles. The van der Waals surface area contributed by atoms with E-state index in [1.807, 2.05) is 80.8 Å². The van der Waals surface area contributed by atoms with Gasteiger partial charge in [-0.2, -0.15) is 5.10 Å². The van der Waals surface area contributed by atoms with Gasteiger partial charge in [0.1, 0.15) is 18.1 Å². The molecular weight excluding hydrogens is 440 g/mol. The van der Waals surface area contributed by atoms with Crippen LogP contribution in [-0.2, 0) is 18.4 Å². The minimum absolute atomic E-state index is 0.138. The van der Waals surface area contributed by atoms with Crippen LogP contribution in [0.2, 0.25) is 0 Å². The summed E-state index contributed by atoms with van der Waals surface area (Å²) in [6.07, 6.45) is 5.54. The highest BCUT2D eigenvalue weighted by Crippen LogP contribution is 2.31. The second-order valence-electron chi connectivity index (χ2n) is 8.28. The van der Waals surface area contributed by atoms with Gasteiger partial charge >= 0.3 is 5.97 Å². The molecule has 0 spiro atoms. The van der Waals surface area contributed by atoms with Crippen LogP contribution in [0.5, 0.6) is 5.75 Å². The maximum atomic E-state index is 12.4. The van der Waals surface area contributed by atoms with Crippen molar-refractivity contribution in [1.29, 1.82) is 0 Å². The zero-order valence-corrected chi connectivity index (χ0v) is 19.7. The fourth-order valence-electron chi connectivity index (χ4n) is 4.04. The van der Waals surface area contributed by atoms with Gasteiger partial charge in [-0.1, -0.05) is 11.6 Å². The highest BCUT2D eigenvalue weighted by atomic mass is 16.5. The van der Waals surface area contributed by atoms with Gasteiger partial charge in [-0.3, -0.25) is 9.67 Å². The quantitative estimate of drug-likeness (QED) is 0.314. The molecule has 7 heteroatoms. The molecule has 0 bridgehead atoms. The fraction of sp³-hybridized carbons (Fsp3) is 0.143. The van der Waals surface area contributed by atoms with Gasteiger partial charge in [0.05, 0.1) is 23.9 Å². The van der Waals surface area contributed by atoms with E-state index in [2.05, 4.69) is 15.1 Å². The van der Waals surface area contributed by atoms with Crippen molar-refractivity contribution >= 4 is 16.9 Å². The van der Waals surface area contributed by atoms with E-state index >= 15 is 0 Å². The normalized spacial score (nSPS) is 10.9. The summed E-state index contributed by atoms with van der Waals surface area (Å²) >= 11 is 0. The van der Waals surface area contributed by atoms with Crippen molar-refractivity contribution in [2.75, 3.05) is 7.11 Å². The first kappa shape index (κ1) is 22.3. The van der Waals surface area contributed by atoms with Gasteiger partial charge in [-0.05, 0) is 67.1 Å². The van der Waals surface area contributed by atoms with Crippen LogP contribution in [0.3, 0.4) is 0 Å². The van der Waals surface area contributed by atoms with Gasteiger partial charge < -0.3 is 9.47 Å². The Kier molecular flexibility index (Phi) is 5.97. The SMILES string of the molecule is COC(=O)c1cc2cc(C)ccc2nc1COc1ccc(-c2nn(C)cc2-c2ccncc2)cc1. The molecule has 174 valence electrons. The Bertz CT molecular complexity index is 1510. The Balaban J connectivity index is 1.40. The van der Waals surface area contributed by atoms with Gasteiger partial charge in [-0.25, -0.2) is 9.78 Å². The molecule has 0 radical (unpaired) electrons. The summed E-state index contributed by atoms with van der Waals surface area (Å²) in [5.41, 5.74) is 6.76. The maximum Gasteiger partial charge on any atom is 0.339 e. The summed E-state index contributed by atoms with van der Waals surface area (Å²) in [4.78, 5) is 21.2. The maximum absolute atomic E-state index is 12.4. The summed E-state index contributed by atoms with van der Waals surface area (Å²) in [5.74, 6) is 0.227. The first-order valence-electron chi connectivity index (χ1n) is 11.2. The lowest BCUT2D eigenvalue weighted by atomic mass is 10.0. The number of fused-ring (bicyclic) bond motifs is 1. The molecule has 0 saturated heterocycles. The molecule has 35 heavy (non-hydrogen) atoms. The molecule has 0 saturated carbocycles. The third-order valence-corrected chi connectivity index (χ3v) is 5.78. The molecular formula is C28H24N4O3. The predicted molar refractivity (Wildman–Crippen MR) is 134 cm³/mol. The summed E-state index contributed by atoms with van der Waals surface area (Å²) in [7, 11) is 3.27. The fourth-order valence-corrected chi connectivity index (χ4v) is 4.04. The summed E-state index contributed by atoms with van der Waals surface area (Å²) in [5, 5.41) is 5.54. The van der Waals surface area contributed by atoms with Crippen LogP contribution < -0.4 is 4.74 Å². The molecule has 5 rings (SSSR count). The molecule has 0 N–H and O–H groups in total. The lowest BCUT2D eigenvalue weighted by Gasteiger charge is -2.12. The number of pyridine rings is 2. The van der Waals surface area contributed by atoms with Gasteiger partial charge in [0.2, 0.25) is 0 Å². The first-order valence-corrected chi connectivity index (χ1v) is 11.2. The van der Waals surface area contributed by atoms with E-state index in [4.69, 9.17) is 9.47 Å². The molecule has 0 aliphatic rings. The number of carbonyl (C=O) groups is 1. The van der Waals surface area contributed by atoms with Gasteiger partial charge in [-0.15, -0.1) is 0 Å². The van der Waals surface area contributed by atoms with Crippen molar-refractivity contribution in [3.63, 3.8) is 0 Å². The third-order valence-electron chi connectivity index (χ3n) is 5.78. The highest BCUT2D eigenvalue weighted by Gasteiger charge is 2.16. The van der Waals surface area contributed by atoms with Crippen molar-refractivity contribution in [3.05, 3.63) is 96.1 Å². The average Bonchev–Trinajstić information content (AvgIpc) is 3.29. The van der Waals surface area contributed by atoms with E-state index in [0.29, 0.717) is 17.0 Å². The van der Waals surface area contributed by atoms with Crippen LogP contribution in [0.4, 0.5) is 0 Å². The Labute approximate surface area is 203 Å². The number of ether oxygens (including phenoxy) is 2. The lowest BCUT2D eigenvalue weighted by Crippen LogP contribution is -2.10. The molecule has 0 amide bonds. The Morgan fingerprint density at radius 2 is 1.74 bits per heavy atom. The van der Waals surface area contributed by atoms with Crippen molar-refractivity contribution in [2.24, 2.45) is 7.05 Å². The number of hydrogen-bond donors (Lipinski definition) is 0. The van der Waals surface area contributed by atoms with Crippen LogP contribution in [0.15, 0.2) is 79.3 Å². The van der Waals surface area contributed by atoms with E-state index in [9.17, 15) is 4.79 Å². The number of methoxy groups -OCH3 is 1. The summed E-state index contributed by atoms with van der Waals surface area (Å²) in [6.45, 7) is 2.14. The molecule has 3 heterocycles. The minimum Gasteiger partial charge on any atom is -0.487 e. The van der Waals surface area contributed by atoms with E-state index < -0.39 is 5.97 Å². The highest BCUT2D eigenvalue weighted by molar-refractivity contribution is 5.95. The Morgan fingerprint density at radius 1 is 0.971 bits per heavy atom. The topological polar surface area (TPSA) is 79.1 Å².